The molecule has 1 aliphatic heterocycles. The van der Waals surface area contributed by atoms with Crippen LogP contribution in [-0.2, 0) is 26.5 Å². The fourth-order valence-electron chi connectivity index (χ4n) is 3.08. The molecule has 0 spiro atoms. The number of sulfonamides is 2. The second-order valence-electron chi connectivity index (χ2n) is 6.10. The Labute approximate surface area is 155 Å². The van der Waals surface area contributed by atoms with E-state index in [9.17, 15) is 16.8 Å². The molecule has 0 amide bonds. The van der Waals surface area contributed by atoms with Gasteiger partial charge in [-0.15, -0.1) is 0 Å². The van der Waals surface area contributed by atoms with E-state index in [1.165, 1.54) is 22.5 Å². The zero-order valence-electron chi connectivity index (χ0n) is 13.6. The Hall–Kier alpha value is -1.42. The van der Waals surface area contributed by atoms with Crippen molar-refractivity contribution in [2.24, 2.45) is 5.14 Å². The van der Waals surface area contributed by atoms with Crippen molar-refractivity contribution < 1.29 is 16.8 Å². The van der Waals surface area contributed by atoms with E-state index in [1.54, 1.807) is 32.0 Å². The average Bonchev–Trinajstić information content (AvgIpc) is 2.84. The molecule has 9 heteroatoms. The topological polar surface area (TPSA) is 97.5 Å². The van der Waals surface area contributed by atoms with Gasteiger partial charge in [-0.1, -0.05) is 22.0 Å². The summed E-state index contributed by atoms with van der Waals surface area (Å²) in [6.07, 6.45) is 0.422. The maximum atomic E-state index is 13.2. The average molecular weight is 445 g/mol. The van der Waals surface area contributed by atoms with E-state index in [0.717, 1.165) is 0 Å². The minimum absolute atomic E-state index is 0.0173. The van der Waals surface area contributed by atoms with Crippen LogP contribution in [0.1, 0.15) is 18.1 Å². The van der Waals surface area contributed by atoms with Gasteiger partial charge in [0.1, 0.15) is 0 Å². The van der Waals surface area contributed by atoms with Gasteiger partial charge in [0.2, 0.25) is 10.0 Å². The Bertz CT molecular complexity index is 1070. The maximum absolute atomic E-state index is 13.2. The molecule has 0 aromatic heterocycles. The molecular formula is C16H17BrN2O4S2. The van der Waals surface area contributed by atoms with Crippen LogP contribution in [0.15, 0.2) is 50.7 Å². The van der Waals surface area contributed by atoms with Crippen molar-refractivity contribution in [1.29, 1.82) is 0 Å². The fraction of sp³-hybridized carbons (Fsp3) is 0.250. The third-order valence-corrected chi connectivity index (χ3v) is 7.69. The second-order valence-corrected chi connectivity index (χ2v) is 10.4. The largest absolute Gasteiger partial charge is 0.264 e. The number of nitrogens with zero attached hydrogens (tertiary/aromatic N) is 1. The number of benzene rings is 2. The Morgan fingerprint density at radius 2 is 1.80 bits per heavy atom. The third kappa shape index (κ3) is 3.21. The van der Waals surface area contributed by atoms with Crippen molar-refractivity contribution in [3.63, 3.8) is 0 Å². The van der Waals surface area contributed by atoms with Gasteiger partial charge >= 0.3 is 0 Å². The smallest absolute Gasteiger partial charge is 0.263 e. The molecule has 25 heavy (non-hydrogen) atoms. The zero-order chi connectivity index (χ0) is 18.6. The Balaban J connectivity index is 2.15. The van der Waals surface area contributed by atoms with Crippen LogP contribution in [-0.4, -0.2) is 22.9 Å². The number of fused-ring (bicyclic) bond motifs is 1. The minimum atomic E-state index is -3.83. The second kappa shape index (κ2) is 6.08. The lowest BCUT2D eigenvalue weighted by Gasteiger charge is -2.25. The zero-order valence-corrected chi connectivity index (χ0v) is 16.8. The Morgan fingerprint density at radius 3 is 2.44 bits per heavy atom. The summed E-state index contributed by atoms with van der Waals surface area (Å²) in [7, 11) is -7.61. The first-order valence-electron chi connectivity index (χ1n) is 7.48. The van der Waals surface area contributed by atoms with Gasteiger partial charge in [-0.05, 0) is 61.7 Å². The summed E-state index contributed by atoms with van der Waals surface area (Å²) in [5, 5.41) is 5.17. The highest BCUT2D eigenvalue weighted by Gasteiger charge is 2.37. The first-order chi connectivity index (χ1) is 11.5. The highest BCUT2D eigenvalue weighted by molar-refractivity contribution is 9.10. The van der Waals surface area contributed by atoms with Crippen LogP contribution in [0, 0.1) is 6.92 Å². The van der Waals surface area contributed by atoms with Gasteiger partial charge < -0.3 is 0 Å². The predicted octanol–water partition coefficient (Wildman–Crippen LogP) is 2.54. The number of halogens is 1. The molecule has 0 radical (unpaired) electrons. The van der Waals surface area contributed by atoms with E-state index in [2.05, 4.69) is 15.9 Å². The summed E-state index contributed by atoms with van der Waals surface area (Å²) in [6.45, 7) is 3.53. The number of nitrogens with two attached hydrogens (primary N) is 1. The van der Waals surface area contributed by atoms with E-state index in [1.807, 2.05) is 0 Å². The molecule has 0 bridgehead atoms. The monoisotopic (exact) mass is 444 g/mol. The van der Waals surface area contributed by atoms with Crippen molar-refractivity contribution in [2.75, 3.05) is 4.31 Å². The molecular weight excluding hydrogens is 428 g/mol. The summed E-state index contributed by atoms with van der Waals surface area (Å²) in [5.41, 5.74) is 1.78. The van der Waals surface area contributed by atoms with Crippen molar-refractivity contribution in [1.82, 2.24) is 0 Å². The highest BCUT2D eigenvalue weighted by Crippen LogP contribution is 2.38. The van der Waals surface area contributed by atoms with Crippen molar-refractivity contribution >= 4 is 41.7 Å². The van der Waals surface area contributed by atoms with E-state index < -0.39 is 20.0 Å². The molecule has 1 heterocycles. The van der Waals surface area contributed by atoms with Gasteiger partial charge in [0.25, 0.3) is 10.0 Å². The standard InChI is InChI=1S/C16H17BrN2O4S2/c1-10-3-4-13(17)9-16(10)25(22,23)19-11(2)7-12-8-14(24(18,20)21)5-6-15(12)19/h3-6,8-9,11H,7H2,1-2H3,(H2,18,20,21). The van der Waals surface area contributed by atoms with Gasteiger partial charge in [-0.3, -0.25) is 4.31 Å². The van der Waals surface area contributed by atoms with Gasteiger partial charge in [0, 0.05) is 10.5 Å². The molecule has 1 atom stereocenters. The molecule has 6 nitrogen and oxygen atoms in total. The van der Waals surface area contributed by atoms with Crippen molar-refractivity contribution in [2.45, 2.75) is 36.1 Å². The van der Waals surface area contributed by atoms with Gasteiger partial charge in [-0.25, -0.2) is 22.0 Å². The number of hydrogen-bond acceptors (Lipinski definition) is 4. The summed E-state index contributed by atoms with van der Waals surface area (Å²) in [4.78, 5) is 0.202. The molecule has 134 valence electrons. The minimum Gasteiger partial charge on any atom is -0.263 e. The lowest BCUT2D eigenvalue weighted by atomic mass is 10.1. The summed E-state index contributed by atoms with van der Waals surface area (Å²) >= 11 is 3.31. The molecule has 0 saturated heterocycles. The van der Waals surface area contributed by atoms with Crippen LogP contribution in [0.2, 0.25) is 0 Å². The lowest BCUT2D eigenvalue weighted by molar-refractivity contribution is 0.583. The number of primary sulfonamides is 1. The number of rotatable bonds is 3. The number of hydrogen-bond donors (Lipinski definition) is 1. The number of aryl methyl sites for hydroxylation is 1. The summed E-state index contributed by atoms with van der Waals surface area (Å²) in [5.74, 6) is 0. The highest BCUT2D eigenvalue weighted by atomic mass is 79.9. The van der Waals surface area contributed by atoms with Crippen LogP contribution in [0.25, 0.3) is 0 Å². The van der Waals surface area contributed by atoms with Gasteiger partial charge in [0.05, 0.1) is 15.5 Å². The Morgan fingerprint density at radius 1 is 1.12 bits per heavy atom. The van der Waals surface area contributed by atoms with Crippen LogP contribution in [0.5, 0.6) is 0 Å². The fourth-order valence-corrected chi connectivity index (χ4v) is 6.11. The van der Waals surface area contributed by atoms with Crippen molar-refractivity contribution in [3.8, 4) is 0 Å². The first kappa shape index (κ1) is 18.4. The molecule has 0 aliphatic carbocycles. The van der Waals surface area contributed by atoms with Crippen molar-refractivity contribution in [3.05, 3.63) is 52.0 Å². The van der Waals surface area contributed by atoms with E-state index in [4.69, 9.17) is 5.14 Å². The van der Waals surface area contributed by atoms with E-state index in [-0.39, 0.29) is 15.8 Å². The quantitative estimate of drug-likeness (QED) is 0.785. The van der Waals surface area contributed by atoms with Crippen LogP contribution in [0.3, 0.4) is 0 Å². The molecule has 1 unspecified atom stereocenters. The van der Waals surface area contributed by atoms with E-state index >= 15 is 0 Å². The summed E-state index contributed by atoms with van der Waals surface area (Å²) in [6, 6.07) is 9.07. The molecule has 3 rings (SSSR count). The molecule has 2 aromatic rings. The van der Waals surface area contributed by atoms with Gasteiger partial charge in [-0.2, -0.15) is 0 Å². The molecule has 2 N–H and O–H groups in total. The molecule has 1 aliphatic rings. The first-order valence-corrected chi connectivity index (χ1v) is 11.3. The van der Waals surface area contributed by atoms with Crippen LogP contribution >= 0.6 is 15.9 Å². The number of anilines is 1. The van der Waals surface area contributed by atoms with E-state index in [0.29, 0.717) is 27.7 Å². The predicted molar refractivity (Wildman–Crippen MR) is 99.5 cm³/mol. The molecule has 2 aromatic carbocycles. The molecule has 0 fully saturated rings. The maximum Gasteiger partial charge on any atom is 0.264 e. The SMILES string of the molecule is Cc1ccc(Br)cc1S(=O)(=O)N1c2ccc(S(N)(=O)=O)cc2CC1C. The third-order valence-electron chi connectivity index (χ3n) is 4.22. The van der Waals surface area contributed by atoms with Gasteiger partial charge in [0.15, 0.2) is 0 Å². The normalized spacial score (nSPS) is 17.6. The summed E-state index contributed by atoms with van der Waals surface area (Å²) < 4.78 is 51.5. The Kier molecular flexibility index (Phi) is 4.47. The van der Waals surface area contributed by atoms with Crippen LogP contribution < -0.4 is 9.44 Å². The lowest BCUT2D eigenvalue weighted by Crippen LogP contribution is -2.36. The van der Waals surface area contributed by atoms with Crippen LogP contribution in [0.4, 0.5) is 5.69 Å². The molecule has 0 saturated carbocycles.